The summed E-state index contributed by atoms with van der Waals surface area (Å²) in [4.78, 5) is 0. The molecule has 0 saturated carbocycles. The Morgan fingerprint density at radius 1 is 1.07 bits per heavy atom. The van der Waals surface area contributed by atoms with Gasteiger partial charge in [0.2, 0.25) is 0 Å². The standard InChI is InChI=1S/C12H20O.CH5N/c1-8(2)10(5)12(7)13-11(6)9(3)4;1-2/h11H,3,7H2,1-2,4-6H3;2H2,1H3. The highest BCUT2D eigenvalue weighted by molar-refractivity contribution is 5.25. The number of hydrogen-bond donors (Lipinski definition) is 1. The zero-order chi connectivity index (χ0) is 12.6. The fourth-order valence-corrected chi connectivity index (χ4v) is 0.681. The fraction of sp³-hybridized carbons (Fsp3) is 0.538. The van der Waals surface area contributed by atoms with Gasteiger partial charge in [0.1, 0.15) is 11.9 Å². The average Bonchev–Trinajstić information content (AvgIpc) is 2.19. The van der Waals surface area contributed by atoms with Crippen molar-refractivity contribution >= 4 is 0 Å². The lowest BCUT2D eigenvalue weighted by Crippen LogP contribution is -2.08. The van der Waals surface area contributed by atoms with E-state index in [0.717, 1.165) is 16.9 Å². The summed E-state index contributed by atoms with van der Waals surface area (Å²) >= 11 is 0. The molecule has 0 bridgehead atoms. The van der Waals surface area contributed by atoms with E-state index in [4.69, 9.17) is 4.74 Å². The van der Waals surface area contributed by atoms with Crippen molar-refractivity contribution in [3.63, 3.8) is 0 Å². The molecule has 0 aromatic heterocycles. The number of nitrogens with two attached hydrogens (primary N) is 1. The van der Waals surface area contributed by atoms with Crippen molar-refractivity contribution < 1.29 is 4.74 Å². The summed E-state index contributed by atoms with van der Waals surface area (Å²) in [5.41, 5.74) is 7.87. The molecule has 0 aromatic rings. The maximum absolute atomic E-state index is 5.58. The average molecular weight is 211 g/mol. The fourth-order valence-electron chi connectivity index (χ4n) is 0.681. The van der Waals surface area contributed by atoms with Crippen LogP contribution in [0, 0.1) is 0 Å². The van der Waals surface area contributed by atoms with Gasteiger partial charge in [-0.3, -0.25) is 0 Å². The van der Waals surface area contributed by atoms with Gasteiger partial charge in [0.25, 0.3) is 0 Å². The summed E-state index contributed by atoms with van der Waals surface area (Å²) in [6.45, 7) is 17.8. The van der Waals surface area contributed by atoms with Crippen LogP contribution in [0.5, 0.6) is 0 Å². The first-order valence-corrected chi connectivity index (χ1v) is 5.09. The molecule has 0 amide bonds. The van der Waals surface area contributed by atoms with Gasteiger partial charge in [-0.05, 0) is 52.8 Å². The monoisotopic (exact) mass is 211 g/mol. The zero-order valence-corrected chi connectivity index (χ0v) is 11.0. The Morgan fingerprint density at radius 2 is 1.47 bits per heavy atom. The van der Waals surface area contributed by atoms with Crippen molar-refractivity contribution in [3.8, 4) is 0 Å². The van der Waals surface area contributed by atoms with Gasteiger partial charge in [-0.1, -0.05) is 18.7 Å². The molecule has 0 aliphatic carbocycles. The van der Waals surface area contributed by atoms with E-state index in [-0.39, 0.29) is 6.10 Å². The summed E-state index contributed by atoms with van der Waals surface area (Å²) < 4.78 is 5.58. The largest absolute Gasteiger partial charge is 0.487 e. The minimum absolute atomic E-state index is 0.0433. The lowest BCUT2D eigenvalue weighted by atomic mass is 10.1. The first kappa shape index (κ1) is 16.4. The molecule has 88 valence electrons. The normalized spacial score (nSPS) is 10.6. The predicted octanol–water partition coefficient (Wildman–Crippen LogP) is 3.41. The van der Waals surface area contributed by atoms with Crippen molar-refractivity contribution in [2.45, 2.75) is 40.7 Å². The first-order chi connectivity index (χ1) is 6.86. The second kappa shape index (κ2) is 8.30. The molecule has 2 N–H and O–H groups in total. The van der Waals surface area contributed by atoms with Gasteiger partial charge in [0, 0.05) is 0 Å². The molecule has 0 aliphatic heterocycles. The molecule has 0 saturated heterocycles. The predicted molar refractivity (Wildman–Crippen MR) is 68.7 cm³/mol. The highest BCUT2D eigenvalue weighted by Crippen LogP contribution is 2.17. The molecule has 2 heteroatoms. The molecule has 0 radical (unpaired) electrons. The number of ether oxygens (including phenoxy) is 1. The first-order valence-electron chi connectivity index (χ1n) is 5.09. The summed E-state index contributed by atoms with van der Waals surface area (Å²) in [7, 11) is 1.50. The third kappa shape index (κ3) is 6.97. The van der Waals surface area contributed by atoms with E-state index in [1.165, 1.54) is 12.6 Å². The van der Waals surface area contributed by atoms with E-state index < -0.39 is 0 Å². The van der Waals surface area contributed by atoms with E-state index in [0.29, 0.717) is 0 Å². The minimum Gasteiger partial charge on any atom is -0.487 e. The van der Waals surface area contributed by atoms with E-state index >= 15 is 0 Å². The number of rotatable bonds is 4. The van der Waals surface area contributed by atoms with Gasteiger partial charge < -0.3 is 10.5 Å². The van der Waals surface area contributed by atoms with Gasteiger partial charge in [-0.25, -0.2) is 0 Å². The number of hydrogen-bond acceptors (Lipinski definition) is 2. The third-order valence-corrected chi connectivity index (χ3v) is 2.18. The summed E-state index contributed by atoms with van der Waals surface area (Å²) in [6.07, 6.45) is 0.0433. The smallest absolute Gasteiger partial charge is 0.116 e. The zero-order valence-electron chi connectivity index (χ0n) is 11.0. The molecule has 15 heavy (non-hydrogen) atoms. The second-order valence-electron chi connectivity index (χ2n) is 3.65. The molecule has 0 rings (SSSR count). The molecule has 1 atom stereocenters. The van der Waals surface area contributed by atoms with Crippen LogP contribution in [-0.4, -0.2) is 13.2 Å². The highest BCUT2D eigenvalue weighted by atomic mass is 16.5. The Kier molecular flexibility index (Phi) is 9.08. The van der Waals surface area contributed by atoms with E-state index in [1.54, 1.807) is 0 Å². The Hall–Kier alpha value is -1.02. The van der Waals surface area contributed by atoms with Crippen LogP contribution >= 0.6 is 0 Å². The molecule has 0 fully saturated rings. The second-order valence-corrected chi connectivity index (χ2v) is 3.65. The maximum Gasteiger partial charge on any atom is 0.116 e. The maximum atomic E-state index is 5.58. The van der Waals surface area contributed by atoms with Crippen LogP contribution in [0.15, 0.2) is 35.6 Å². The minimum atomic E-state index is 0.0433. The summed E-state index contributed by atoms with van der Waals surface area (Å²) in [6, 6.07) is 0. The van der Waals surface area contributed by atoms with Crippen LogP contribution in [0.2, 0.25) is 0 Å². The van der Waals surface area contributed by atoms with Gasteiger partial charge in [-0.15, -0.1) is 0 Å². The topological polar surface area (TPSA) is 35.2 Å². The molecule has 0 spiro atoms. The van der Waals surface area contributed by atoms with Crippen LogP contribution in [0.3, 0.4) is 0 Å². The lowest BCUT2D eigenvalue weighted by Gasteiger charge is -2.17. The van der Waals surface area contributed by atoms with Crippen LogP contribution in [0.25, 0.3) is 0 Å². The van der Waals surface area contributed by atoms with Gasteiger partial charge in [0.15, 0.2) is 0 Å². The van der Waals surface area contributed by atoms with Crippen molar-refractivity contribution in [1.29, 1.82) is 0 Å². The summed E-state index contributed by atoms with van der Waals surface area (Å²) in [5.74, 6) is 0.746. The quantitative estimate of drug-likeness (QED) is 0.439. The van der Waals surface area contributed by atoms with Crippen LogP contribution in [0.4, 0.5) is 0 Å². The molecular weight excluding hydrogens is 186 g/mol. The van der Waals surface area contributed by atoms with Crippen LogP contribution < -0.4 is 5.73 Å². The Labute approximate surface area is 94.5 Å². The van der Waals surface area contributed by atoms with E-state index in [1.807, 2.05) is 20.8 Å². The van der Waals surface area contributed by atoms with Crippen molar-refractivity contribution in [2.75, 3.05) is 7.05 Å². The molecule has 1 unspecified atom stereocenters. The van der Waals surface area contributed by atoms with E-state index in [2.05, 4.69) is 32.7 Å². The Balaban J connectivity index is 0. The molecular formula is C13H25NO. The van der Waals surface area contributed by atoms with Gasteiger partial charge >= 0.3 is 0 Å². The Bertz CT molecular complexity index is 247. The van der Waals surface area contributed by atoms with Crippen molar-refractivity contribution in [3.05, 3.63) is 35.6 Å². The lowest BCUT2D eigenvalue weighted by molar-refractivity contribution is 0.168. The Morgan fingerprint density at radius 3 is 1.73 bits per heavy atom. The molecule has 0 aromatic carbocycles. The van der Waals surface area contributed by atoms with Crippen LogP contribution in [-0.2, 0) is 4.74 Å². The summed E-state index contributed by atoms with van der Waals surface area (Å²) in [5, 5.41) is 0. The van der Waals surface area contributed by atoms with E-state index in [9.17, 15) is 0 Å². The van der Waals surface area contributed by atoms with Gasteiger partial charge in [0.05, 0.1) is 0 Å². The van der Waals surface area contributed by atoms with Crippen LogP contribution in [0.1, 0.15) is 34.6 Å². The van der Waals surface area contributed by atoms with Crippen molar-refractivity contribution in [1.82, 2.24) is 0 Å². The van der Waals surface area contributed by atoms with Gasteiger partial charge in [-0.2, -0.15) is 0 Å². The third-order valence-electron chi connectivity index (χ3n) is 2.18. The number of allylic oxidation sites excluding steroid dienone is 2. The molecule has 0 aliphatic rings. The van der Waals surface area contributed by atoms with Crippen molar-refractivity contribution in [2.24, 2.45) is 5.73 Å². The highest BCUT2D eigenvalue weighted by Gasteiger charge is 2.06. The molecule has 0 heterocycles. The SMILES string of the molecule is C=C(OC(C)C(=C)C)C(C)=C(C)C.CN. The molecule has 2 nitrogen and oxygen atoms in total.